The van der Waals surface area contributed by atoms with Crippen LogP contribution in [0, 0.1) is 11.3 Å². The highest BCUT2D eigenvalue weighted by atomic mass is 32.2. The standard InChI is InChI=1S/C13H10N2OS2/c14-7-9-6-10(8-4-2-1-3-5-8)11-12(17-9)15-13(16)18-11/h1-5,9-10H,6H2,(H,15,16)/t9-,10+/m0/s1. The van der Waals surface area contributed by atoms with Gasteiger partial charge < -0.3 is 4.98 Å². The van der Waals surface area contributed by atoms with Gasteiger partial charge in [0.25, 0.3) is 0 Å². The van der Waals surface area contributed by atoms with Crippen LogP contribution in [0.25, 0.3) is 0 Å². The zero-order valence-corrected chi connectivity index (χ0v) is 11.1. The number of aromatic amines is 1. The molecule has 90 valence electrons. The third-order valence-electron chi connectivity index (χ3n) is 3.01. The molecule has 2 heterocycles. The third kappa shape index (κ3) is 1.98. The number of rotatable bonds is 1. The number of H-pyrrole nitrogens is 1. The Hall–Kier alpha value is -1.51. The molecule has 0 aliphatic carbocycles. The van der Waals surface area contributed by atoms with Crippen LogP contribution in [0.15, 0.2) is 40.2 Å². The predicted octanol–water partition coefficient (Wildman–Crippen LogP) is 2.96. The zero-order chi connectivity index (χ0) is 12.5. The van der Waals surface area contributed by atoms with Crippen LogP contribution < -0.4 is 4.87 Å². The summed E-state index contributed by atoms with van der Waals surface area (Å²) in [4.78, 5) is 15.4. The van der Waals surface area contributed by atoms with Crippen molar-refractivity contribution in [2.24, 2.45) is 0 Å². The number of hydrogen-bond donors (Lipinski definition) is 1. The number of aromatic nitrogens is 1. The second kappa shape index (κ2) is 4.63. The van der Waals surface area contributed by atoms with Gasteiger partial charge in [0.15, 0.2) is 0 Å². The second-order valence-corrected chi connectivity index (χ2v) is 6.37. The Kier molecular flexibility index (Phi) is 2.98. The van der Waals surface area contributed by atoms with Crippen molar-refractivity contribution in [1.82, 2.24) is 4.98 Å². The van der Waals surface area contributed by atoms with E-state index in [0.717, 1.165) is 16.3 Å². The van der Waals surface area contributed by atoms with Gasteiger partial charge in [-0.3, -0.25) is 4.79 Å². The Bertz CT molecular complexity index is 654. The summed E-state index contributed by atoms with van der Waals surface area (Å²) in [5.41, 5.74) is 1.18. The number of thiazole rings is 1. The van der Waals surface area contributed by atoms with Gasteiger partial charge in [0.2, 0.25) is 0 Å². The molecule has 0 amide bonds. The van der Waals surface area contributed by atoms with Crippen LogP contribution in [0.1, 0.15) is 22.8 Å². The van der Waals surface area contributed by atoms with Crippen molar-refractivity contribution in [3.63, 3.8) is 0 Å². The van der Waals surface area contributed by atoms with Crippen molar-refractivity contribution in [3.05, 3.63) is 50.4 Å². The first-order valence-corrected chi connectivity index (χ1v) is 7.32. The Morgan fingerprint density at radius 2 is 2.11 bits per heavy atom. The van der Waals surface area contributed by atoms with Crippen LogP contribution >= 0.6 is 23.1 Å². The summed E-state index contributed by atoms with van der Waals surface area (Å²) in [6, 6.07) is 12.4. The van der Waals surface area contributed by atoms with Gasteiger partial charge in [-0.15, -0.1) is 0 Å². The highest BCUT2D eigenvalue weighted by molar-refractivity contribution is 8.00. The molecule has 1 aromatic carbocycles. The molecule has 0 spiro atoms. The molecular formula is C13H10N2OS2. The summed E-state index contributed by atoms with van der Waals surface area (Å²) in [5.74, 6) is 0.163. The summed E-state index contributed by atoms with van der Waals surface area (Å²) in [6.07, 6.45) is 0.770. The molecule has 1 N–H and O–H groups in total. The molecule has 0 fully saturated rings. The highest BCUT2D eigenvalue weighted by Gasteiger charge is 2.31. The lowest BCUT2D eigenvalue weighted by atomic mass is 9.93. The van der Waals surface area contributed by atoms with E-state index in [9.17, 15) is 4.79 Å². The quantitative estimate of drug-likeness (QED) is 0.869. The maximum atomic E-state index is 11.5. The van der Waals surface area contributed by atoms with Gasteiger partial charge in [-0.2, -0.15) is 5.26 Å². The summed E-state index contributed by atoms with van der Waals surface area (Å²) < 4.78 is 0. The average molecular weight is 274 g/mol. The number of nitriles is 1. The van der Waals surface area contributed by atoms with Crippen LogP contribution in [0.5, 0.6) is 0 Å². The summed E-state index contributed by atoms with van der Waals surface area (Å²) >= 11 is 2.73. The molecular weight excluding hydrogens is 264 g/mol. The SMILES string of the molecule is N#C[C@@H]1C[C@H](c2ccccc2)c2sc(=O)[nH]c2S1. The highest BCUT2D eigenvalue weighted by Crippen LogP contribution is 2.44. The van der Waals surface area contributed by atoms with Crippen molar-refractivity contribution < 1.29 is 0 Å². The molecule has 1 aromatic heterocycles. The number of thioether (sulfide) groups is 1. The van der Waals surface area contributed by atoms with Crippen LogP contribution in [0.3, 0.4) is 0 Å². The van der Waals surface area contributed by atoms with Crippen molar-refractivity contribution >= 4 is 23.1 Å². The molecule has 0 unspecified atom stereocenters. The molecule has 3 rings (SSSR count). The van der Waals surface area contributed by atoms with Crippen molar-refractivity contribution in [2.45, 2.75) is 22.6 Å². The topological polar surface area (TPSA) is 56.6 Å². The predicted molar refractivity (Wildman–Crippen MR) is 73.1 cm³/mol. The van der Waals surface area contributed by atoms with E-state index >= 15 is 0 Å². The minimum atomic E-state index is -0.0899. The monoisotopic (exact) mass is 274 g/mol. The van der Waals surface area contributed by atoms with Crippen molar-refractivity contribution in [2.75, 3.05) is 0 Å². The van der Waals surface area contributed by atoms with Gasteiger partial charge in [0.1, 0.15) is 0 Å². The molecule has 1 aliphatic heterocycles. The molecule has 0 bridgehead atoms. The minimum Gasteiger partial charge on any atom is -0.307 e. The van der Waals surface area contributed by atoms with E-state index in [4.69, 9.17) is 5.26 Å². The number of fused-ring (bicyclic) bond motifs is 1. The Balaban J connectivity index is 2.09. The van der Waals surface area contributed by atoms with E-state index in [0.29, 0.717) is 0 Å². The van der Waals surface area contributed by atoms with E-state index in [1.54, 1.807) is 0 Å². The average Bonchev–Trinajstić information content (AvgIpc) is 2.78. The van der Waals surface area contributed by atoms with E-state index in [2.05, 4.69) is 23.2 Å². The number of nitrogens with one attached hydrogen (secondary N) is 1. The molecule has 0 saturated carbocycles. The summed E-state index contributed by atoms with van der Waals surface area (Å²) in [7, 11) is 0. The lowest BCUT2D eigenvalue weighted by Crippen LogP contribution is -2.14. The number of nitrogens with zero attached hydrogens (tertiary/aromatic N) is 1. The fourth-order valence-electron chi connectivity index (χ4n) is 2.21. The first-order chi connectivity index (χ1) is 8.78. The van der Waals surface area contributed by atoms with E-state index in [1.165, 1.54) is 28.7 Å². The smallest absolute Gasteiger partial charge is 0.305 e. The van der Waals surface area contributed by atoms with Crippen molar-refractivity contribution in [3.8, 4) is 6.07 Å². The van der Waals surface area contributed by atoms with E-state index in [-0.39, 0.29) is 16.0 Å². The van der Waals surface area contributed by atoms with Crippen LogP contribution in [-0.2, 0) is 0 Å². The Labute approximate surface area is 112 Å². The molecule has 2 atom stereocenters. The maximum Gasteiger partial charge on any atom is 0.305 e. The first-order valence-electron chi connectivity index (χ1n) is 5.62. The number of hydrogen-bond acceptors (Lipinski definition) is 4. The molecule has 5 heteroatoms. The minimum absolute atomic E-state index is 0.0352. The van der Waals surface area contributed by atoms with Gasteiger partial charge in [-0.05, 0) is 12.0 Å². The molecule has 3 nitrogen and oxygen atoms in total. The van der Waals surface area contributed by atoms with Gasteiger partial charge in [-0.1, -0.05) is 53.4 Å². The van der Waals surface area contributed by atoms with Gasteiger partial charge in [0.05, 0.1) is 16.3 Å². The van der Waals surface area contributed by atoms with Crippen molar-refractivity contribution in [1.29, 1.82) is 5.26 Å². The van der Waals surface area contributed by atoms with Gasteiger partial charge in [-0.25, -0.2) is 0 Å². The lowest BCUT2D eigenvalue weighted by Gasteiger charge is -2.24. The first kappa shape index (κ1) is 11.6. The second-order valence-electron chi connectivity index (χ2n) is 4.14. The fourth-order valence-corrected chi connectivity index (χ4v) is 4.45. The van der Waals surface area contributed by atoms with E-state index in [1.807, 2.05) is 18.2 Å². The summed E-state index contributed by atoms with van der Waals surface area (Å²) in [5, 5.41) is 9.91. The summed E-state index contributed by atoms with van der Waals surface area (Å²) in [6.45, 7) is 0. The van der Waals surface area contributed by atoms with Gasteiger partial charge >= 0.3 is 4.87 Å². The number of benzene rings is 1. The van der Waals surface area contributed by atoms with Crippen LogP contribution in [-0.4, -0.2) is 10.2 Å². The fraction of sp³-hybridized carbons (Fsp3) is 0.231. The largest absolute Gasteiger partial charge is 0.307 e. The zero-order valence-electron chi connectivity index (χ0n) is 9.42. The van der Waals surface area contributed by atoms with E-state index < -0.39 is 0 Å². The Morgan fingerprint density at radius 3 is 2.83 bits per heavy atom. The lowest BCUT2D eigenvalue weighted by molar-refractivity contribution is 0.720. The van der Waals surface area contributed by atoms with Gasteiger partial charge in [0, 0.05) is 10.8 Å². The molecule has 18 heavy (non-hydrogen) atoms. The Morgan fingerprint density at radius 1 is 1.33 bits per heavy atom. The molecule has 0 saturated heterocycles. The molecule has 0 radical (unpaired) electrons. The van der Waals surface area contributed by atoms with Crippen LogP contribution in [0.4, 0.5) is 0 Å². The van der Waals surface area contributed by atoms with Crippen LogP contribution in [0.2, 0.25) is 0 Å². The molecule has 1 aliphatic rings. The maximum absolute atomic E-state index is 11.5. The normalized spacial score (nSPS) is 22.2. The third-order valence-corrected chi connectivity index (χ3v) is 5.28. The molecule has 2 aromatic rings.